The number of anilines is 1. The number of halogens is 1. The fraction of sp³-hybridized carbons (Fsp3) is 0.364. The Balaban J connectivity index is 2.47. The van der Waals surface area contributed by atoms with E-state index in [4.69, 9.17) is 5.73 Å². The first-order valence-corrected chi connectivity index (χ1v) is 7.13. The van der Waals surface area contributed by atoms with Gasteiger partial charge < -0.3 is 11.1 Å². The van der Waals surface area contributed by atoms with E-state index in [0.717, 1.165) is 15.9 Å². The second kappa shape index (κ2) is 6.93. The van der Waals surface area contributed by atoms with Gasteiger partial charge >= 0.3 is 0 Å². The van der Waals surface area contributed by atoms with Crippen molar-refractivity contribution in [2.24, 2.45) is 5.73 Å². The molecule has 0 spiro atoms. The summed E-state index contributed by atoms with van der Waals surface area (Å²) in [4.78, 5) is 11.6. The molecule has 5 heteroatoms. The van der Waals surface area contributed by atoms with Crippen LogP contribution < -0.4 is 11.1 Å². The van der Waals surface area contributed by atoms with Crippen molar-refractivity contribution >= 4 is 39.3 Å². The van der Waals surface area contributed by atoms with Gasteiger partial charge in [-0.25, -0.2) is 0 Å². The Hall–Kier alpha value is -0.520. The van der Waals surface area contributed by atoms with Crippen molar-refractivity contribution in [2.45, 2.75) is 12.5 Å². The van der Waals surface area contributed by atoms with Gasteiger partial charge in [0.2, 0.25) is 5.91 Å². The number of hydrogen-bond acceptors (Lipinski definition) is 3. The van der Waals surface area contributed by atoms with E-state index in [9.17, 15) is 4.79 Å². The molecular formula is C11H15BrN2OS. The first-order chi connectivity index (χ1) is 7.63. The molecule has 1 amide bonds. The number of nitrogens with one attached hydrogen (secondary N) is 1. The van der Waals surface area contributed by atoms with Crippen molar-refractivity contribution in [1.82, 2.24) is 0 Å². The molecule has 0 aromatic heterocycles. The molecule has 3 nitrogen and oxygen atoms in total. The molecular weight excluding hydrogens is 288 g/mol. The third-order valence-corrected chi connectivity index (χ3v) is 3.25. The highest BCUT2D eigenvalue weighted by molar-refractivity contribution is 9.10. The standard InChI is InChI=1S/C11H15BrN2OS/c1-16-7-6-10(13)11(15)14-9-4-2-8(12)3-5-9/h2-5,10H,6-7,13H2,1H3,(H,14,15)/t10-/m1/s1. The topological polar surface area (TPSA) is 55.1 Å². The van der Waals surface area contributed by atoms with Gasteiger partial charge in [-0.15, -0.1) is 0 Å². The summed E-state index contributed by atoms with van der Waals surface area (Å²) in [7, 11) is 0. The molecule has 0 radical (unpaired) electrons. The lowest BCUT2D eigenvalue weighted by atomic mass is 10.2. The molecule has 1 aromatic rings. The molecule has 0 saturated heterocycles. The van der Waals surface area contributed by atoms with Crippen molar-refractivity contribution < 1.29 is 4.79 Å². The molecule has 0 aliphatic rings. The smallest absolute Gasteiger partial charge is 0.241 e. The second-order valence-corrected chi connectivity index (χ2v) is 5.29. The van der Waals surface area contributed by atoms with Gasteiger partial charge in [0.1, 0.15) is 0 Å². The summed E-state index contributed by atoms with van der Waals surface area (Å²) in [6.45, 7) is 0. The van der Waals surface area contributed by atoms with Crippen LogP contribution in [0, 0.1) is 0 Å². The lowest BCUT2D eigenvalue weighted by Gasteiger charge is -2.11. The average Bonchev–Trinajstić information content (AvgIpc) is 2.29. The van der Waals surface area contributed by atoms with Crippen LogP contribution in [0.1, 0.15) is 6.42 Å². The molecule has 0 aliphatic carbocycles. The Labute approximate surface area is 108 Å². The minimum Gasteiger partial charge on any atom is -0.325 e. The van der Waals surface area contributed by atoms with Crippen LogP contribution in [-0.2, 0) is 4.79 Å². The fourth-order valence-electron chi connectivity index (χ4n) is 1.14. The van der Waals surface area contributed by atoms with E-state index < -0.39 is 6.04 Å². The Morgan fingerprint density at radius 1 is 1.50 bits per heavy atom. The number of rotatable bonds is 5. The molecule has 16 heavy (non-hydrogen) atoms. The Morgan fingerprint density at radius 3 is 2.69 bits per heavy atom. The number of carbonyl (C=O) groups is 1. The molecule has 1 atom stereocenters. The van der Waals surface area contributed by atoms with Crippen LogP contribution in [-0.4, -0.2) is 24.0 Å². The van der Waals surface area contributed by atoms with E-state index in [1.807, 2.05) is 30.5 Å². The van der Waals surface area contributed by atoms with Crippen molar-refractivity contribution in [3.8, 4) is 0 Å². The molecule has 1 aromatic carbocycles. The van der Waals surface area contributed by atoms with Gasteiger partial charge in [0.05, 0.1) is 6.04 Å². The van der Waals surface area contributed by atoms with Crippen molar-refractivity contribution in [3.63, 3.8) is 0 Å². The van der Waals surface area contributed by atoms with Gasteiger partial charge in [-0.2, -0.15) is 11.8 Å². The normalized spacial score (nSPS) is 12.2. The summed E-state index contributed by atoms with van der Waals surface area (Å²) in [5, 5.41) is 2.78. The van der Waals surface area contributed by atoms with Crippen LogP contribution in [0.25, 0.3) is 0 Å². The quantitative estimate of drug-likeness (QED) is 0.878. The van der Waals surface area contributed by atoms with Crippen LogP contribution in [0.2, 0.25) is 0 Å². The van der Waals surface area contributed by atoms with Crippen LogP contribution >= 0.6 is 27.7 Å². The van der Waals surface area contributed by atoms with Gasteiger partial charge in [0.25, 0.3) is 0 Å². The van der Waals surface area contributed by atoms with E-state index in [0.29, 0.717) is 6.42 Å². The predicted octanol–water partition coefficient (Wildman–Crippen LogP) is 2.47. The zero-order chi connectivity index (χ0) is 12.0. The Kier molecular flexibility index (Phi) is 5.87. The molecule has 0 saturated carbocycles. The molecule has 0 unspecified atom stereocenters. The lowest BCUT2D eigenvalue weighted by Crippen LogP contribution is -2.36. The molecule has 3 N–H and O–H groups in total. The number of hydrogen-bond donors (Lipinski definition) is 2. The van der Waals surface area contributed by atoms with Crippen LogP contribution in [0.4, 0.5) is 5.69 Å². The minimum absolute atomic E-state index is 0.128. The molecule has 88 valence electrons. The summed E-state index contributed by atoms with van der Waals surface area (Å²) < 4.78 is 0.984. The zero-order valence-electron chi connectivity index (χ0n) is 9.07. The van der Waals surface area contributed by atoms with Gasteiger partial charge in [0.15, 0.2) is 0 Å². The van der Waals surface area contributed by atoms with Crippen LogP contribution in [0.3, 0.4) is 0 Å². The summed E-state index contributed by atoms with van der Waals surface area (Å²) in [6, 6.07) is 7.00. The maximum Gasteiger partial charge on any atom is 0.241 e. The van der Waals surface area contributed by atoms with Crippen LogP contribution in [0.15, 0.2) is 28.7 Å². The number of thioether (sulfide) groups is 1. The Morgan fingerprint density at radius 2 is 2.12 bits per heavy atom. The maximum absolute atomic E-state index is 11.6. The maximum atomic E-state index is 11.6. The van der Waals surface area contributed by atoms with Crippen molar-refractivity contribution in [1.29, 1.82) is 0 Å². The largest absolute Gasteiger partial charge is 0.325 e. The lowest BCUT2D eigenvalue weighted by molar-refractivity contribution is -0.117. The van der Waals surface area contributed by atoms with Gasteiger partial charge in [-0.05, 0) is 42.7 Å². The highest BCUT2D eigenvalue weighted by Crippen LogP contribution is 2.14. The number of amides is 1. The van der Waals surface area contributed by atoms with Crippen molar-refractivity contribution in [3.05, 3.63) is 28.7 Å². The van der Waals surface area contributed by atoms with Gasteiger partial charge in [-0.3, -0.25) is 4.79 Å². The molecule has 0 bridgehead atoms. The van der Waals surface area contributed by atoms with Gasteiger partial charge in [-0.1, -0.05) is 15.9 Å². The first kappa shape index (κ1) is 13.5. The molecule has 0 aliphatic heterocycles. The summed E-state index contributed by atoms with van der Waals surface area (Å²) in [5.74, 6) is 0.769. The number of benzene rings is 1. The third kappa shape index (κ3) is 4.55. The van der Waals surface area contributed by atoms with Crippen LogP contribution in [0.5, 0.6) is 0 Å². The number of carbonyl (C=O) groups excluding carboxylic acids is 1. The monoisotopic (exact) mass is 302 g/mol. The second-order valence-electron chi connectivity index (χ2n) is 3.38. The van der Waals surface area contributed by atoms with E-state index in [1.165, 1.54) is 0 Å². The SMILES string of the molecule is CSCC[C@@H](N)C(=O)Nc1ccc(Br)cc1. The summed E-state index contributed by atoms with van der Waals surface area (Å²) in [5.41, 5.74) is 6.52. The summed E-state index contributed by atoms with van der Waals surface area (Å²) >= 11 is 5.02. The van der Waals surface area contributed by atoms with E-state index in [-0.39, 0.29) is 5.91 Å². The van der Waals surface area contributed by atoms with E-state index in [2.05, 4.69) is 21.2 Å². The Bertz CT molecular complexity index is 342. The highest BCUT2D eigenvalue weighted by Gasteiger charge is 2.12. The summed E-state index contributed by atoms with van der Waals surface area (Å²) in [6.07, 6.45) is 2.70. The molecule has 0 heterocycles. The van der Waals surface area contributed by atoms with Gasteiger partial charge in [0, 0.05) is 10.2 Å². The molecule has 1 rings (SSSR count). The van der Waals surface area contributed by atoms with E-state index in [1.54, 1.807) is 11.8 Å². The highest BCUT2D eigenvalue weighted by atomic mass is 79.9. The molecule has 0 fully saturated rings. The minimum atomic E-state index is -0.434. The fourth-order valence-corrected chi connectivity index (χ4v) is 1.90. The number of nitrogens with two attached hydrogens (primary N) is 1. The average molecular weight is 303 g/mol. The van der Waals surface area contributed by atoms with Crippen molar-refractivity contribution in [2.75, 3.05) is 17.3 Å². The zero-order valence-corrected chi connectivity index (χ0v) is 11.5. The third-order valence-electron chi connectivity index (χ3n) is 2.08. The van der Waals surface area contributed by atoms with E-state index >= 15 is 0 Å². The predicted molar refractivity (Wildman–Crippen MR) is 73.7 cm³/mol. The first-order valence-electron chi connectivity index (χ1n) is 4.94.